The second-order valence-corrected chi connectivity index (χ2v) is 24.9. The molecule has 3 radical (unpaired) electrons. The molecule has 0 aliphatic carbocycles. The molecule has 2 fully saturated rings. The van der Waals surface area contributed by atoms with E-state index in [1.54, 1.807) is 0 Å². The normalized spacial score (nSPS) is 15.0. The van der Waals surface area contributed by atoms with Crippen LogP contribution in [0.15, 0.2) is 24.3 Å². The van der Waals surface area contributed by atoms with E-state index in [1.165, 1.54) is 57.6 Å². The first-order chi connectivity index (χ1) is 28.0. The number of unbranched alkanes of at least 4 members (excludes halogenated alkanes) is 1. The Hall–Kier alpha value is -0.450. The van der Waals surface area contributed by atoms with Crippen LogP contribution in [0.1, 0.15) is 59.1 Å². The summed E-state index contributed by atoms with van der Waals surface area (Å²) in [5, 5.41) is 0. The van der Waals surface area contributed by atoms with E-state index in [0.29, 0.717) is 79.3 Å². The van der Waals surface area contributed by atoms with Crippen LogP contribution in [0.3, 0.4) is 0 Å². The molecule has 0 unspecified atom stereocenters. The summed E-state index contributed by atoms with van der Waals surface area (Å²) < 4.78 is 36.9. The van der Waals surface area contributed by atoms with Crippen LogP contribution in [0, 0.1) is 65.2 Å². The number of benzene rings is 2. The van der Waals surface area contributed by atoms with Gasteiger partial charge in [-0.25, -0.2) is 12.8 Å². The fourth-order valence-corrected chi connectivity index (χ4v) is 7.25. The molecule has 2 heterocycles. The SMILES string of the molecule is C1CCOC1.C1COCCOCCOCCOCCOCCO1.Cc1cc(C)c([N-][Si](C)(C)C)c(C)c1.Cc1cc(C)c([N-][Si](C)(C)C)c(C)c1.[CH2-]CC[CH2-].[Fe+3].[K+].[N]=O.[N]=O. The first-order valence-electron chi connectivity index (χ1n) is 20.6. The molecular weight excluding hydrogens is 880 g/mol. The molecule has 0 spiro atoms. The first kappa shape index (κ1) is 69.6. The Balaban J connectivity index is -0.000000222. The van der Waals surface area contributed by atoms with Gasteiger partial charge in [-0.15, -0.1) is 21.2 Å². The minimum absolute atomic E-state index is 0. The number of hydrogen-bond donors (Lipinski definition) is 0. The maximum atomic E-state index is 7.25. The molecule has 13 nitrogen and oxygen atoms in total. The van der Waals surface area contributed by atoms with Gasteiger partial charge in [0.15, 0.2) is 0 Å². The summed E-state index contributed by atoms with van der Waals surface area (Å²) in [6, 6.07) is 8.86. The summed E-state index contributed by atoms with van der Waals surface area (Å²) in [7, 11) is -2.71. The van der Waals surface area contributed by atoms with Crippen molar-refractivity contribution in [3.8, 4) is 0 Å². The van der Waals surface area contributed by atoms with Gasteiger partial charge in [0.05, 0.1) is 79.3 Å². The standard InChI is InChI=1S/2C12H20NSi.C12H24O6.C4H8O.C4H8.Fe.K.2NO/c2*1-9-7-10(2)12(11(3)8-9)13-14(4,5)6;1-2-14-5-6-16-9-10-18-12-11-17-8-7-15-4-3-13-1;1-2-4-5-3-1;1-3-4-2;;;2*1-2/h2*7-8H,1-6H3;1-12H2;1-4H2;1-4H2;;;;/q2*-1;;;-2;+3;+1;;. The Morgan fingerprint density at radius 1 is 0.443 bits per heavy atom. The van der Waals surface area contributed by atoms with Gasteiger partial charge in [0, 0.05) is 13.2 Å². The molecule has 347 valence electrons. The van der Waals surface area contributed by atoms with E-state index in [2.05, 4.69) is 119 Å². The van der Waals surface area contributed by atoms with Gasteiger partial charge >= 0.3 is 68.5 Å². The van der Waals surface area contributed by atoms with Gasteiger partial charge in [0.1, 0.15) is 11.2 Å². The Morgan fingerprint density at radius 3 is 0.754 bits per heavy atom. The minimum Gasteiger partial charge on any atom is -0.687 e. The maximum absolute atomic E-state index is 7.25. The van der Waals surface area contributed by atoms with E-state index in [4.69, 9.17) is 64.1 Å². The van der Waals surface area contributed by atoms with Crippen molar-refractivity contribution in [2.75, 3.05) is 92.5 Å². The third-order valence-electron chi connectivity index (χ3n) is 7.47. The molecule has 61 heavy (non-hydrogen) atoms. The molecule has 2 aromatic rings. The van der Waals surface area contributed by atoms with Gasteiger partial charge in [-0.3, -0.25) is 0 Å². The van der Waals surface area contributed by atoms with Crippen molar-refractivity contribution in [3.63, 3.8) is 0 Å². The number of nitrogens with zero attached hydrogens (tertiary/aromatic N) is 4. The molecule has 2 aliphatic heterocycles. The van der Waals surface area contributed by atoms with Crippen molar-refractivity contribution in [2.45, 2.75) is 107 Å². The summed E-state index contributed by atoms with van der Waals surface area (Å²) in [6.07, 6.45) is 4.47. The third kappa shape index (κ3) is 45.9. The summed E-state index contributed by atoms with van der Waals surface area (Å²) in [4.78, 5) is 24.2. The maximum Gasteiger partial charge on any atom is 3.00 e. The predicted octanol–water partition coefficient (Wildman–Crippen LogP) is 7.34. The predicted molar refractivity (Wildman–Crippen MR) is 250 cm³/mol. The van der Waals surface area contributed by atoms with Crippen LogP contribution in [0.2, 0.25) is 39.3 Å². The molecule has 4 rings (SSSR count). The van der Waals surface area contributed by atoms with Crippen LogP contribution in [0.25, 0.3) is 9.96 Å². The fourth-order valence-electron chi connectivity index (χ4n) is 5.20. The van der Waals surface area contributed by atoms with Crippen LogP contribution >= 0.6 is 0 Å². The van der Waals surface area contributed by atoms with E-state index < -0.39 is 16.5 Å². The number of rotatable bonds is 5. The quantitative estimate of drug-likeness (QED) is 0.220. The molecule has 0 amide bonds. The molecule has 0 aromatic heterocycles. The third-order valence-corrected chi connectivity index (χ3v) is 9.26. The van der Waals surface area contributed by atoms with Gasteiger partial charge < -0.3 is 57.0 Å². The van der Waals surface area contributed by atoms with Crippen molar-refractivity contribution >= 4 is 27.8 Å². The average molecular weight is 960 g/mol. The van der Waals surface area contributed by atoms with Gasteiger partial charge in [-0.05, 0) is 70.9 Å². The number of aryl methyl sites for hydroxylation is 6. The van der Waals surface area contributed by atoms with Crippen LogP contribution in [0.4, 0.5) is 11.4 Å². The molecule has 0 saturated carbocycles. The smallest absolute Gasteiger partial charge is 0.687 e. The number of hydrogen-bond acceptors (Lipinski definition) is 9. The monoisotopic (exact) mass is 959 g/mol. The van der Waals surface area contributed by atoms with E-state index >= 15 is 0 Å². The Kier molecular flexibility index (Phi) is 52.6. The van der Waals surface area contributed by atoms with Crippen molar-refractivity contribution in [1.82, 2.24) is 11.2 Å². The van der Waals surface area contributed by atoms with Gasteiger partial charge in [0.25, 0.3) is 0 Å². The Morgan fingerprint density at radius 2 is 0.623 bits per heavy atom. The zero-order chi connectivity index (χ0) is 45.5. The van der Waals surface area contributed by atoms with Gasteiger partial charge in [-0.2, -0.15) is 0 Å². The molecule has 0 N–H and O–H groups in total. The topological polar surface area (TPSA) is 172 Å². The van der Waals surface area contributed by atoms with Crippen molar-refractivity contribution in [3.05, 3.63) is 91.3 Å². The second kappa shape index (κ2) is 46.1. The number of nitroso groups, excluding NO2 is 2. The van der Waals surface area contributed by atoms with Crippen LogP contribution in [0.5, 0.6) is 0 Å². The number of ether oxygens (including phenoxy) is 7. The van der Waals surface area contributed by atoms with Gasteiger partial charge in [-0.1, -0.05) is 96.9 Å². The molecule has 17 heteroatoms. The zero-order valence-corrected chi connectivity index (χ0v) is 46.5. The molecule has 0 bridgehead atoms. The molecule has 0 atom stereocenters. The van der Waals surface area contributed by atoms with E-state index in [0.717, 1.165) is 26.1 Å². The average Bonchev–Trinajstić information content (AvgIpc) is 3.77. The Labute approximate surface area is 426 Å². The molecule has 2 aliphatic rings. The van der Waals surface area contributed by atoms with E-state index in [1.807, 2.05) is 0 Å². The summed E-state index contributed by atoms with van der Waals surface area (Å²) in [6.45, 7) is 42.6. The van der Waals surface area contributed by atoms with Crippen LogP contribution < -0.4 is 62.6 Å². The van der Waals surface area contributed by atoms with Crippen LogP contribution in [-0.4, -0.2) is 109 Å². The van der Waals surface area contributed by atoms with Crippen molar-refractivity contribution in [2.24, 2.45) is 0 Å². The largest absolute Gasteiger partial charge is 3.00 e. The first-order valence-corrected chi connectivity index (χ1v) is 27.5. The molecule has 2 aromatic carbocycles. The summed E-state index contributed by atoms with van der Waals surface area (Å²) in [5.74, 6) is 0. The van der Waals surface area contributed by atoms with Gasteiger partial charge in [0.2, 0.25) is 0 Å². The molecule has 2 saturated heterocycles. The summed E-state index contributed by atoms with van der Waals surface area (Å²) >= 11 is 0. The van der Waals surface area contributed by atoms with E-state index in [9.17, 15) is 0 Å². The van der Waals surface area contributed by atoms with Crippen molar-refractivity contribution in [1.29, 1.82) is 0 Å². The molecular formula is C44H80FeKN4O9Si2. The second-order valence-electron chi connectivity index (χ2n) is 15.8. The Bertz CT molecular complexity index is 1090. The van der Waals surface area contributed by atoms with Crippen molar-refractivity contribution < 1.29 is 102 Å². The zero-order valence-electron chi connectivity index (χ0n) is 40.3. The minimum atomic E-state index is -1.35. The van der Waals surface area contributed by atoms with Crippen LogP contribution in [-0.2, 0) is 50.2 Å². The summed E-state index contributed by atoms with van der Waals surface area (Å²) in [5.41, 5.74) is 21.8. The van der Waals surface area contributed by atoms with E-state index in [-0.39, 0.29) is 68.5 Å². The fraction of sp³-hybridized carbons (Fsp3) is 0.682.